The van der Waals surface area contributed by atoms with Gasteiger partial charge in [-0.15, -0.1) is 11.3 Å². The number of aromatic nitrogens is 1. The molecule has 1 aromatic rings. The van der Waals surface area contributed by atoms with E-state index in [0.717, 1.165) is 11.3 Å². The zero-order valence-corrected chi connectivity index (χ0v) is 11.1. The van der Waals surface area contributed by atoms with Crippen molar-refractivity contribution in [2.24, 2.45) is 0 Å². The number of piperazine rings is 1. The van der Waals surface area contributed by atoms with E-state index >= 15 is 0 Å². The van der Waals surface area contributed by atoms with Crippen LogP contribution in [0.2, 0.25) is 0 Å². The number of carboxylic acids is 1. The highest BCUT2D eigenvalue weighted by molar-refractivity contribution is 7.11. The SMILES string of the molecule is CC(=O)N1CCN(C(=O)c2nc(C(=O)O)cs2)CC1. The molecule has 0 bridgehead atoms. The first-order valence-corrected chi connectivity index (χ1v) is 6.60. The molecule has 1 fully saturated rings. The van der Waals surface area contributed by atoms with Crippen LogP contribution in [-0.2, 0) is 4.79 Å². The van der Waals surface area contributed by atoms with Crippen molar-refractivity contribution in [3.8, 4) is 0 Å². The molecule has 8 heteroatoms. The molecule has 19 heavy (non-hydrogen) atoms. The minimum atomic E-state index is -1.14. The second-order valence-corrected chi connectivity index (χ2v) is 5.00. The van der Waals surface area contributed by atoms with Gasteiger partial charge in [0.05, 0.1) is 0 Å². The lowest BCUT2D eigenvalue weighted by Gasteiger charge is -2.33. The Balaban J connectivity index is 2.01. The Hall–Kier alpha value is -1.96. The van der Waals surface area contributed by atoms with Crippen LogP contribution in [0.1, 0.15) is 27.2 Å². The molecule has 0 saturated carbocycles. The van der Waals surface area contributed by atoms with Gasteiger partial charge in [0.2, 0.25) is 5.91 Å². The van der Waals surface area contributed by atoms with Crippen molar-refractivity contribution >= 4 is 29.1 Å². The molecule has 1 N–H and O–H groups in total. The number of aromatic carboxylic acids is 1. The van der Waals surface area contributed by atoms with Gasteiger partial charge in [0.15, 0.2) is 10.7 Å². The molecule has 7 nitrogen and oxygen atoms in total. The first kappa shape index (κ1) is 13.5. The molecule has 102 valence electrons. The van der Waals surface area contributed by atoms with E-state index in [1.165, 1.54) is 12.3 Å². The maximum absolute atomic E-state index is 12.1. The summed E-state index contributed by atoms with van der Waals surface area (Å²) in [6.07, 6.45) is 0. The van der Waals surface area contributed by atoms with Crippen molar-refractivity contribution < 1.29 is 19.5 Å². The quantitative estimate of drug-likeness (QED) is 0.834. The number of carbonyl (C=O) groups excluding carboxylic acids is 2. The molecule has 2 heterocycles. The lowest BCUT2D eigenvalue weighted by molar-refractivity contribution is -0.130. The van der Waals surface area contributed by atoms with Gasteiger partial charge in [-0.2, -0.15) is 0 Å². The van der Waals surface area contributed by atoms with E-state index in [-0.39, 0.29) is 22.5 Å². The summed E-state index contributed by atoms with van der Waals surface area (Å²) in [7, 11) is 0. The Morgan fingerprint density at radius 1 is 1.21 bits per heavy atom. The highest BCUT2D eigenvalue weighted by Gasteiger charge is 2.25. The van der Waals surface area contributed by atoms with E-state index in [4.69, 9.17) is 5.11 Å². The lowest BCUT2D eigenvalue weighted by atomic mass is 10.3. The molecule has 0 radical (unpaired) electrons. The topological polar surface area (TPSA) is 90.8 Å². The molecule has 1 aliphatic heterocycles. The van der Waals surface area contributed by atoms with Crippen LogP contribution in [-0.4, -0.2) is 63.9 Å². The summed E-state index contributed by atoms with van der Waals surface area (Å²) in [6.45, 7) is 3.38. The number of carbonyl (C=O) groups is 3. The van der Waals surface area contributed by atoms with Gasteiger partial charge in [0.25, 0.3) is 5.91 Å². The molecule has 0 aromatic carbocycles. The third-order valence-corrected chi connectivity index (χ3v) is 3.75. The maximum atomic E-state index is 12.1. The number of carboxylic acid groups (broad SMARTS) is 1. The van der Waals surface area contributed by atoms with Crippen molar-refractivity contribution in [2.75, 3.05) is 26.2 Å². The van der Waals surface area contributed by atoms with Gasteiger partial charge in [-0.3, -0.25) is 9.59 Å². The minimum Gasteiger partial charge on any atom is -0.476 e. The monoisotopic (exact) mass is 283 g/mol. The summed E-state index contributed by atoms with van der Waals surface area (Å²) in [4.78, 5) is 41.0. The van der Waals surface area contributed by atoms with Gasteiger partial charge in [0, 0.05) is 38.5 Å². The van der Waals surface area contributed by atoms with Crippen LogP contribution < -0.4 is 0 Å². The highest BCUT2D eigenvalue weighted by atomic mass is 32.1. The van der Waals surface area contributed by atoms with Crippen LogP contribution >= 0.6 is 11.3 Å². The molecule has 0 unspecified atom stereocenters. The summed E-state index contributed by atoms with van der Waals surface area (Å²) in [6, 6.07) is 0. The Morgan fingerprint density at radius 2 is 1.79 bits per heavy atom. The third-order valence-electron chi connectivity index (χ3n) is 2.92. The van der Waals surface area contributed by atoms with Crippen molar-refractivity contribution in [1.29, 1.82) is 0 Å². The van der Waals surface area contributed by atoms with Gasteiger partial charge in [0.1, 0.15) is 0 Å². The summed E-state index contributed by atoms with van der Waals surface area (Å²) >= 11 is 1.02. The molecule has 1 aliphatic rings. The van der Waals surface area contributed by atoms with Crippen LogP contribution in [0.25, 0.3) is 0 Å². The fourth-order valence-electron chi connectivity index (χ4n) is 1.83. The Labute approximate surface area is 113 Å². The summed E-state index contributed by atoms with van der Waals surface area (Å²) in [5, 5.41) is 10.3. The standard InChI is InChI=1S/C11H13N3O4S/c1-7(15)13-2-4-14(5-3-13)10(16)9-12-8(6-19-9)11(17)18/h6H,2-5H2,1H3,(H,17,18). The number of thiazole rings is 1. The largest absolute Gasteiger partial charge is 0.476 e. The number of hydrogen-bond donors (Lipinski definition) is 1. The fourth-order valence-corrected chi connectivity index (χ4v) is 2.59. The predicted octanol–water partition coefficient (Wildman–Crippen LogP) is 0.146. The van der Waals surface area contributed by atoms with Gasteiger partial charge in [-0.1, -0.05) is 0 Å². The van der Waals surface area contributed by atoms with Gasteiger partial charge in [-0.25, -0.2) is 9.78 Å². The molecule has 0 spiro atoms. The van der Waals surface area contributed by atoms with E-state index in [0.29, 0.717) is 26.2 Å². The zero-order valence-electron chi connectivity index (χ0n) is 10.3. The average molecular weight is 283 g/mol. The molecular formula is C11H13N3O4S. The lowest BCUT2D eigenvalue weighted by Crippen LogP contribution is -2.50. The highest BCUT2D eigenvalue weighted by Crippen LogP contribution is 2.14. The van der Waals surface area contributed by atoms with Crippen LogP contribution in [0.4, 0.5) is 0 Å². The Kier molecular flexibility index (Phi) is 3.79. The van der Waals surface area contributed by atoms with Crippen molar-refractivity contribution in [3.63, 3.8) is 0 Å². The van der Waals surface area contributed by atoms with Crippen LogP contribution in [0.15, 0.2) is 5.38 Å². The van der Waals surface area contributed by atoms with Gasteiger partial charge >= 0.3 is 5.97 Å². The zero-order chi connectivity index (χ0) is 14.0. The summed E-state index contributed by atoms with van der Waals surface area (Å²) in [5.41, 5.74) is -0.115. The summed E-state index contributed by atoms with van der Waals surface area (Å²) < 4.78 is 0. The number of rotatable bonds is 2. The van der Waals surface area contributed by atoms with E-state index in [9.17, 15) is 14.4 Å². The van der Waals surface area contributed by atoms with Crippen LogP contribution in [0.3, 0.4) is 0 Å². The first-order valence-electron chi connectivity index (χ1n) is 5.72. The second-order valence-electron chi connectivity index (χ2n) is 4.14. The van der Waals surface area contributed by atoms with Crippen molar-refractivity contribution in [3.05, 3.63) is 16.1 Å². The van der Waals surface area contributed by atoms with Gasteiger partial charge < -0.3 is 14.9 Å². The van der Waals surface area contributed by atoms with Crippen molar-refractivity contribution in [2.45, 2.75) is 6.92 Å². The van der Waals surface area contributed by atoms with E-state index in [2.05, 4.69) is 4.98 Å². The molecule has 2 rings (SSSR count). The maximum Gasteiger partial charge on any atom is 0.355 e. The Morgan fingerprint density at radius 3 is 2.26 bits per heavy atom. The van der Waals surface area contributed by atoms with Crippen LogP contribution in [0.5, 0.6) is 0 Å². The minimum absolute atomic E-state index is 0.00508. The molecular weight excluding hydrogens is 270 g/mol. The predicted molar refractivity (Wildman–Crippen MR) is 67.2 cm³/mol. The number of nitrogens with zero attached hydrogens (tertiary/aromatic N) is 3. The van der Waals surface area contributed by atoms with E-state index in [1.54, 1.807) is 9.80 Å². The molecule has 0 atom stereocenters. The smallest absolute Gasteiger partial charge is 0.355 e. The van der Waals surface area contributed by atoms with Crippen LogP contribution in [0, 0.1) is 0 Å². The second kappa shape index (κ2) is 5.35. The normalized spacial score (nSPS) is 15.4. The fraction of sp³-hybridized carbons (Fsp3) is 0.455. The molecule has 2 amide bonds. The van der Waals surface area contributed by atoms with Gasteiger partial charge in [-0.05, 0) is 0 Å². The van der Waals surface area contributed by atoms with E-state index in [1.807, 2.05) is 0 Å². The summed E-state index contributed by atoms with van der Waals surface area (Å²) in [5.74, 6) is -1.42. The average Bonchev–Trinajstić information content (AvgIpc) is 2.87. The van der Waals surface area contributed by atoms with Crippen molar-refractivity contribution in [1.82, 2.24) is 14.8 Å². The third kappa shape index (κ3) is 2.90. The molecule has 1 aromatic heterocycles. The number of hydrogen-bond acceptors (Lipinski definition) is 5. The Bertz CT molecular complexity index is 520. The van der Waals surface area contributed by atoms with E-state index < -0.39 is 5.97 Å². The number of amides is 2. The molecule has 0 aliphatic carbocycles. The molecule has 1 saturated heterocycles. The first-order chi connectivity index (χ1) is 8.99.